The molecule has 0 aliphatic carbocycles. The number of nitrogens with zero attached hydrogens (tertiary/aromatic N) is 1. The summed E-state index contributed by atoms with van der Waals surface area (Å²) in [6.07, 6.45) is 0.359. The van der Waals surface area contributed by atoms with Crippen molar-refractivity contribution in [3.8, 4) is 5.75 Å². The molecule has 0 saturated carbocycles. The molecule has 0 aliphatic rings. The van der Waals surface area contributed by atoms with Gasteiger partial charge in [-0.2, -0.15) is 8.42 Å². The number of hydrogen-bond acceptors (Lipinski definition) is 4. The molecule has 152 valence electrons. The van der Waals surface area contributed by atoms with Crippen LogP contribution in [0.15, 0.2) is 48.5 Å². The molecule has 0 spiro atoms. The summed E-state index contributed by atoms with van der Waals surface area (Å²) in [4.78, 5) is 14.4. The topological polar surface area (TPSA) is 63.7 Å². The van der Waals surface area contributed by atoms with Gasteiger partial charge in [-0.25, -0.2) is 4.39 Å². The molecule has 0 atom stereocenters. The summed E-state index contributed by atoms with van der Waals surface area (Å²) in [5, 5.41) is 0. The molecular formula is C21H26FNO4S. The number of hydrogen-bond donors (Lipinski definition) is 0. The summed E-state index contributed by atoms with van der Waals surface area (Å²) in [6, 6.07) is 12.7. The van der Waals surface area contributed by atoms with Crippen LogP contribution in [0, 0.1) is 11.7 Å². The minimum Gasteiger partial charge on any atom is -0.382 e. The molecule has 0 radical (unpaired) electrons. The lowest BCUT2D eigenvalue weighted by atomic mass is 10.1. The van der Waals surface area contributed by atoms with E-state index in [0.717, 1.165) is 5.56 Å². The van der Waals surface area contributed by atoms with Crippen molar-refractivity contribution >= 4 is 16.0 Å². The molecule has 0 aliphatic heterocycles. The summed E-state index contributed by atoms with van der Waals surface area (Å²) in [5.41, 5.74) is 1.39. The maximum atomic E-state index is 13.2. The molecule has 0 unspecified atom stereocenters. The van der Waals surface area contributed by atoms with E-state index in [2.05, 4.69) is 0 Å². The van der Waals surface area contributed by atoms with Crippen molar-refractivity contribution in [3.05, 3.63) is 65.5 Å². The Morgan fingerprint density at radius 1 is 1.07 bits per heavy atom. The smallest absolute Gasteiger partial charge is 0.308 e. The lowest BCUT2D eigenvalue weighted by molar-refractivity contribution is -0.133. The molecule has 5 nitrogen and oxygen atoms in total. The van der Waals surface area contributed by atoms with E-state index in [-0.39, 0.29) is 35.7 Å². The minimum atomic E-state index is -3.68. The van der Waals surface area contributed by atoms with Gasteiger partial charge in [0.15, 0.2) is 0 Å². The van der Waals surface area contributed by atoms with Crippen LogP contribution in [0.4, 0.5) is 4.39 Å². The number of amides is 1. The quantitative estimate of drug-likeness (QED) is 0.587. The molecule has 28 heavy (non-hydrogen) atoms. The summed E-state index contributed by atoms with van der Waals surface area (Å²) >= 11 is 0. The third-order valence-corrected chi connectivity index (χ3v) is 5.27. The van der Waals surface area contributed by atoms with Crippen LogP contribution in [-0.4, -0.2) is 25.0 Å². The van der Waals surface area contributed by atoms with E-state index in [9.17, 15) is 17.6 Å². The number of halogens is 1. The number of carbonyl (C=O) groups excluding carboxylic acids is 1. The van der Waals surface area contributed by atoms with Gasteiger partial charge in [0.1, 0.15) is 11.6 Å². The van der Waals surface area contributed by atoms with Gasteiger partial charge in [-0.1, -0.05) is 44.2 Å². The highest BCUT2D eigenvalue weighted by Crippen LogP contribution is 2.23. The van der Waals surface area contributed by atoms with E-state index in [4.69, 9.17) is 4.18 Å². The monoisotopic (exact) mass is 407 g/mol. The maximum Gasteiger partial charge on any atom is 0.308 e. The standard InChI is InChI=1S/C21H26FNO4S/c1-4-28(25,26)27-20-8-6-5-7-18(20)15-23(21(24)13-16(2)3)14-17-9-11-19(22)12-10-17/h5-12,16H,4,13-15H2,1-3H3. The SMILES string of the molecule is CCS(=O)(=O)Oc1ccccc1CN(Cc1ccc(F)cc1)C(=O)CC(C)C. The van der Waals surface area contributed by atoms with E-state index >= 15 is 0 Å². The Balaban J connectivity index is 2.29. The van der Waals surface area contributed by atoms with Gasteiger partial charge in [-0.05, 0) is 36.6 Å². The van der Waals surface area contributed by atoms with Gasteiger partial charge in [0, 0.05) is 25.1 Å². The highest BCUT2D eigenvalue weighted by Gasteiger charge is 2.19. The molecule has 0 saturated heterocycles. The Bertz CT molecular complexity index is 895. The minimum absolute atomic E-state index is 0.0625. The van der Waals surface area contributed by atoms with E-state index in [1.165, 1.54) is 19.1 Å². The highest BCUT2D eigenvalue weighted by atomic mass is 32.2. The molecule has 2 rings (SSSR count). The zero-order chi connectivity index (χ0) is 20.7. The normalized spacial score (nSPS) is 11.5. The first-order valence-corrected chi connectivity index (χ1v) is 10.8. The number of para-hydroxylation sites is 1. The van der Waals surface area contributed by atoms with Crippen LogP contribution in [-0.2, 0) is 28.0 Å². The summed E-state index contributed by atoms with van der Waals surface area (Å²) in [5.74, 6) is -0.159. The fraction of sp³-hybridized carbons (Fsp3) is 0.381. The van der Waals surface area contributed by atoms with Crippen LogP contribution in [0.1, 0.15) is 38.3 Å². The highest BCUT2D eigenvalue weighted by molar-refractivity contribution is 7.87. The Labute approximate surface area is 166 Å². The van der Waals surface area contributed by atoms with Crippen molar-refractivity contribution in [1.82, 2.24) is 4.90 Å². The first-order chi connectivity index (χ1) is 13.2. The van der Waals surface area contributed by atoms with E-state index in [0.29, 0.717) is 18.5 Å². The second-order valence-electron chi connectivity index (χ2n) is 7.01. The Morgan fingerprint density at radius 3 is 2.32 bits per heavy atom. The van der Waals surface area contributed by atoms with Crippen LogP contribution >= 0.6 is 0 Å². The van der Waals surface area contributed by atoms with Crippen molar-refractivity contribution in [2.75, 3.05) is 5.75 Å². The number of benzene rings is 2. The largest absolute Gasteiger partial charge is 0.382 e. The van der Waals surface area contributed by atoms with Crippen LogP contribution in [0.5, 0.6) is 5.75 Å². The molecule has 0 bridgehead atoms. The zero-order valence-corrected chi connectivity index (χ0v) is 17.2. The maximum absolute atomic E-state index is 13.2. The fourth-order valence-electron chi connectivity index (χ4n) is 2.64. The average Bonchev–Trinajstić information content (AvgIpc) is 2.63. The predicted octanol–water partition coefficient (Wildman–Crippen LogP) is 4.13. The molecule has 0 N–H and O–H groups in total. The van der Waals surface area contributed by atoms with E-state index < -0.39 is 10.1 Å². The Hall–Kier alpha value is -2.41. The zero-order valence-electron chi connectivity index (χ0n) is 16.4. The molecule has 0 aromatic heterocycles. The van der Waals surface area contributed by atoms with Gasteiger partial charge >= 0.3 is 10.1 Å². The van der Waals surface area contributed by atoms with Gasteiger partial charge in [0.05, 0.1) is 5.75 Å². The van der Waals surface area contributed by atoms with Crippen molar-refractivity contribution in [2.45, 2.75) is 40.3 Å². The number of carbonyl (C=O) groups is 1. The Kier molecular flexibility index (Phi) is 7.57. The average molecular weight is 408 g/mol. The first-order valence-electron chi connectivity index (χ1n) is 9.22. The van der Waals surface area contributed by atoms with Gasteiger partial charge in [-0.15, -0.1) is 0 Å². The molecule has 0 fully saturated rings. The molecule has 0 heterocycles. The van der Waals surface area contributed by atoms with Crippen molar-refractivity contribution in [2.24, 2.45) is 5.92 Å². The van der Waals surface area contributed by atoms with Crippen LogP contribution in [0.3, 0.4) is 0 Å². The summed E-state index contributed by atoms with van der Waals surface area (Å²) in [7, 11) is -3.68. The van der Waals surface area contributed by atoms with E-state index in [1.54, 1.807) is 41.3 Å². The summed E-state index contributed by atoms with van der Waals surface area (Å²) < 4.78 is 42.1. The lowest BCUT2D eigenvalue weighted by Crippen LogP contribution is -2.31. The third-order valence-electron chi connectivity index (χ3n) is 4.13. The molecule has 2 aromatic carbocycles. The van der Waals surface area contributed by atoms with Gasteiger partial charge < -0.3 is 9.08 Å². The van der Waals surface area contributed by atoms with Crippen molar-refractivity contribution < 1.29 is 21.8 Å². The van der Waals surface area contributed by atoms with Gasteiger partial charge in [0.25, 0.3) is 0 Å². The third kappa shape index (κ3) is 6.64. The van der Waals surface area contributed by atoms with E-state index in [1.807, 2.05) is 13.8 Å². The second kappa shape index (κ2) is 9.68. The second-order valence-corrected chi connectivity index (χ2v) is 8.87. The van der Waals surface area contributed by atoms with Crippen molar-refractivity contribution in [3.63, 3.8) is 0 Å². The lowest BCUT2D eigenvalue weighted by Gasteiger charge is -2.25. The van der Waals surface area contributed by atoms with Crippen molar-refractivity contribution in [1.29, 1.82) is 0 Å². The van der Waals surface area contributed by atoms with Crippen LogP contribution < -0.4 is 4.18 Å². The number of rotatable bonds is 9. The Morgan fingerprint density at radius 2 is 1.71 bits per heavy atom. The van der Waals surface area contributed by atoms with Gasteiger partial charge in [-0.3, -0.25) is 4.79 Å². The fourth-order valence-corrected chi connectivity index (χ4v) is 3.19. The molecule has 2 aromatic rings. The van der Waals surface area contributed by atoms with Crippen LogP contribution in [0.25, 0.3) is 0 Å². The molecule has 1 amide bonds. The predicted molar refractivity (Wildman–Crippen MR) is 107 cm³/mol. The first kappa shape index (κ1) is 21.9. The molecular weight excluding hydrogens is 381 g/mol. The molecule has 7 heteroatoms. The summed E-state index contributed by atoms with van der Waals surface area (Å²) in [6.45, 7) is 5.90. The van der Waals surface area contributed by atoms with Gasteiger partial charge in [0.2, 0.25) is 5.91 Å². The van der Waals surface area contributed by atoms with Crippen LogP contribution in [0.2, 0.25) is 0 Å².